The smallest absolute Gasteiger partial charge is 0.0240 e. The third-order valence-electron chi connectivity index (χ3n) is 5.16. The van der Waals surface area contributed by atoms with E-state index in [0.29, 0.717) is 0 Å². The van der Waals surface area contributed by atoms with Crippen molar-refractivity contribution in [2.45, 2.75) is 13.3 Å². The summed E-state index contributed by atoms with van der Waals surface area (Å²) in [6.07, 6.45) is 1.02. The number of halogens is 2. The SMILES string of the molecule is C[CH]=[Zr+2].[Cl-].[Cl-].[c-]1cccc2c1c1c(c3ccccc32)-c2ccccc2C1.c1cc[cH-]c1. The van der Waals surface area contributed by atoms with Crippen LogP contribution >= 0.6 is 0 Å². The van der Waals surface area contributed by atoms with Gasteiger partial charge >= 0.3 is 34.9 Å². The molecule has 0 heterocycles. The van der Waals surface area contributed by atoms with Crippen LogP contribution in [-0.4, -0.2) is 3.71 Å². The van der Waals surface area contributed by atoms with Crippen LogP contribution in [0.4, 0.5) is 0 Å². The number of hydrogen-bond donors (Lipinski definition) is 0. The number of hydrogen-bond acceptors (Lipinski definition) is 0. The van der Waals surface area contributed by atoms with E-state index in [9.17, 15) is 0 Å². The first-order chi connectivity index (χ1) is 14.3. The summed E-state index contributed by atoms with van der Waals surface area (Å²) in [7, 11) is 0. The van der Waals surface area contributed by atoms with Crippen LogP contribution in [-0.2, 0) is 30.7 Å². The fraction of sp³-hybridized carbons (Fsp3) is 0.0714. The van der Waals surface area contributed by atoms with Crippen molar-refractivity contribution >= 4 is 25.3 Å². The van der Waals surface area contributed by atoms with Crippen LogP contribution in [0.25, 0.3) is 32.7 Å². The van der Waals surface area contributed by atoms with E-state index in [4.69, 9.17) is 0 Å². The summed E-state index contributed by atoms with van der Waals surface area (Å²) in [5.74, 6) is 0. The van der Waals surface area contributed by atoms with Crippen molar-refractivity contribution in [2.75, 3.05) is 0 Å². The van der Waals surface area contributed by atoms with Gasteiger partial charge in [-0.05, 0) is 28.5 Å². The molecule has 1 aliphatic carbocycles. The predicted molar refractivity (Wildman–Crippen MR) is 122 cm³/mol. The van der Waals surface area contributed by atoms with E-state index in [2.05, 4.69) is 70.4 Å². The number of rotatable bonds is 0. The monoisotopic (exact) mass is 518 g/mol. The molecule has 5 aromatic rings. The molecule has 0 saturated heterocycles. The second-order valence-electron chi connectivity index (χ2n) is 6.94. The average molecular weight is 521 g/mol. The van der Waals surface area contributed by atoms with Crippen LogP contribution in [0.1, 0.15) is 18.1 Å². The second kappa shape index (κ2) is 12.2. The van der Waals surface area contributed by atoms with Crippen LogP contribution in [0.15, 0.2) is 97.1 Å². The van der Waals surface area contributed by atoms with Crippen molar-refractivity contribution in [1.29, 1.82) is 0 Å². The van der Waals surface area contributed by atoms with Crippen molar-refractivity contribution in [1.82, 2.24) is 0 Å². The van der Waals surface area contributed by atoms with E-state index < -0.39 is 0 Å². The maximum atomic E-state index is 3.48. The van der Waals surface area contributed by atoms with Gasteiger partial charge in [0.2, 0.25) is 0 Å². The largest absolute Gasteiger partial charge is 1.00 e. The molecular formula is C28H22Cl2Zr-2. The minimum Gasteiger partial charge on any atom is -1.00 e. The van der Waals surface area contributed by atoms with Gasteiger partial charge in [-0.25, -0.2) is 12.1 Å². The first-order valence-electron chi connectivity index (χ1n) is 9.89. The van der Waals surface area contributed by atoms with Gasteiger partial charge in [-0.1, -0.05) is 53.9 Å². The van der Waals surface area contributed by atoms with Crippen molar-refractivity contribution in [3.63, 3.8) is 0 Å². The fourth-order valence-electron chi connectivity index (χ4n) is 4.05. The topological polar surface area (TPSA) is 0 Å². The molecule has 0 amide bonds. The summed E-state index contributed by atoms with van der Waals surface area (Å²) in [5.41, 5.74) is 5.67. The van der Waals surface area contributed by atoms with Gasteiger partial charge in [0.25, 0.3) is 0 Å². The standard InChI is InChI=1S/C21H13.C5H5.C2H4.2ClH.Zr/c1-2-8-15-14(7-1)13-20-18-11-4-3-9-16(18)17-10-5-6-12-19(17)21(15)20;1-2-4-5-3-1;1-2;;;/h1-10,12H,13H2;1-5H;1H,2H3;2*1H;/q2*-1;;;;+2/p-2. The Morgan fingerprint density at radius 1 is 0.806 bits per heavy atom. The first-order valence-corrected chi connectivity index (χ1v) is 11.3. The molecule has 6 rings (SSSR count). The second-order valence-corrected chi connectivity index (χ2v) is 8.36. The van der Waals surface area contributed by atoms with Crippen LogP contribution in [0.5, 0.6) is 0 Å². The van der Waals surface area contributed by atoms with Crippen LogP contribution in [0.3, 0.4) is 0 Å². The molecule has 0 saturated carbocycles. The zero-order chi connectivity index (χ0) is 20.1. The van der Waals surface area contributed by atoms with Gasteiger partial charge in [0, 0.05) is 0 Å². The minimum absolute atomic E-state index is 0. The zero-order valence-corrected chi connectivity index (χ0v) is 21.2. The molecule has 5 aromatic carbocycles. The Balaban J connectivity index is 0.000000295. The molecule has 0 aliphatic heterocycles. The maximum absolute atomic E-state index is 3.48. The average Bonchev–Trinajstić information content (AvgIpc) is 3.46. The molecule has 31 heavy (non-hydrogen) atoms. The van der Waals surface area contributed by atoms with Gasteiger partial charge in [0.05, 0.1) is 0 Å². The van der Waals surface area contributed by atoms with Gasteiger partial charge in [-0.3, -0.25) is 0 Å². The molecule has 154 valence electrons. The summed E-state index contributed by atoms with van der Waals surface area (Å²) < 4.78 is 2.09. The van der Waals surface area contributed by atoms with E-state index in [0.717, 1.165) is 6.42 Å². The van der Waals surface area contributed by atoms with E-state index in [-0.39, 0.29) is 24.8 Å². The van der Waals surface area contributed by atoms with E-state index >= 15 is 0 Å². The molecule has 0 atom stereocenters. The third kappa shape index (κ3) is 5.29. The zero-order valence-electron chi connectivity index (χ0n) is 17.3. The Morgan fingerprint density at radius 3 is 2.10 bits per heavy atom. The molecule has 0 fully saturated rings. The van der Waals surface area contributed by atoms with Gasteiger partial charge in [-0.2, -0.15) is 18.2 Å². The quantitative estimate of drug-likeness (QED) is 0.208. The molecule has 3 heteroatoms. The molecule has 0 N–H and O–H groups in total. The van der Waals surface area contributed by atoms with Crippen molar-refractivity contribution in [3.8, 4) is 11.1 Å². The van der Waals surface area contributed by atoms with Crippen molar-refractivity contribution in [3.05, 3.63) is 114 Å². The predicted octanol–water partition coefficient (Wildman–Crippen LogP) is 1.13. The van der Waals surface area contributed by atoms with Crippen LogP contribution in [0, 0.1) is 6.07 Å². The molecular weight excluding hydrogens is 498 g/mol. The van der Waals surface area contributed by atoms with Gasteiger partial charge in [-0.15, -0.1) is 40.6 Å². The number of fused-ring (bicyclic) bond motifs is 8. The summed E-state index contributed by atoms with van der Waals surface area (Å²) in [6.45, 7) is 2.04. The minimum atomic E-state index is 0. The van der Waals surface area contributed by atoms with Gasteiger partial charge in [0.15, 0.2) is 0 Å². The van der Waals surface area contributed by atoms with E-state index in [1.54, 1.807) is 0 Å². The van der Waals surface area contributed by atoms with Gasteiger partial charge in [0.1, 0.15) is 0 Å². The summed E-state index contributed by atoms with van der Waals surface area (Å²) in [4.78, 5) is 0. The Morgan fingerprint density at radius 2 is 1.42 bits per heavy atom. The Labute approximate surface area is 211 Å². The van der Waals surface area contributed by atoms with E-state index in [1.165, 1.54) is 68.0 Å². The normalized spacial score (nSPS) is 10.3. The van der Waals surface area contributed by atoms with Crippen molar-refractivity contribution < 1.29 is 49.0 Å². The molecule has 0 spiro atoms. The molecule has 0 nitrogen and oxygen atoms in total. The summed E-state index contributed by atoms with van der Waals surface area (Å²) in [5, 5.41) is 5.30. The van der Waals surface area contributed by atoms with Crippen molar-refractivity contribution in [2.24, 2.45) is 0 Å². The Bertz CT molecular complexity index is 1240. The molecule has 0 aromatic heterocycles. The van der Waals surface area contributed by atoms with E-state index in [1.807, 2.05) is 43.3 Å². The fourth-order valence-corrected chi connectivity index (χ4v) is 4.05. The molecule has 0 radical (unpaired) electrons. The molecule has 1 aliphatic rings. The Hall–Kier alpha value is -1.92. The maximum Gasteiger partial charge on any atom is -0.0240 e. The first kappa shape index (κ1) is 25.3. The van der Waals surface area contributed by atoms with Gasteiger partial charge < -0.3 is 24.8 Å². The van der Waals surface area contributed by atoms with Crippen LogP contribution in [0.2, 0.25) is 0 Å². The third-order valence-corrected chi connectivity index (χ3v) is 5.16. The summed E-state index contributed by atoms with van der Waals surface area (Å²) in [6, 6.07) is 37.3. The summed E-state index contributed by atoms with van der Waals surface area (Å²) >= 11 is 1.51. The molecule has 0 bridgehead atoms. The number of benzene rings is 4. The van der Waals surface area contributed by atoms with Crippen LogP contribution < -0.4 is 24.8 Å². The molecule has 0 unspecified atom stereocenters. The Kier molecular flexibility index (Phi) is 9.98.